The molecule has 1 heterocycles. The van der Waals surface area contributed by atoms with Crippen LogP contribution in [0.25, 0.3) is 0 Å². The van der Waals surface area contributed by atoms with E-state index in [1.807, 2.05) is 31.2 Å². The fourth-order valence-electron chi connectivity index (χ4n) is 4.43. The maximum absolute atomic E-state index is 12.8. The molecular weight excluding hydrogens is 442 g/mol. The number of carbonyl (C=O) groups excluding carboxylic acids is 2. The first-order valence-electron chi connectivity index (χ1n) is 11.6. The lowest BCUT2D eigenvalue weighted by Crippen LogP contribution is -2.32. The van der Waals surface area contributed by atoms with Crippen molar-refractivity contribution in [2.75, 3.05) is 32.6 Å². The average molecular weight is 474 g/mol. The molecule has 2 amide bonds. The lowest BCUT2D eigenvalue weighted by atomic mass is 9.98. The molecule has 3 aromatic rings. The van der Waals surface area contributed by atoms with Crippen molar-refractivity contribution in [3.8, 4) is 11.5 Å². The molecule has 7 nitrogen and oxygen atoms in total. The second-order valence-corrected chi connectivity index (χ2v) is 8.82. The molecule has 1 aliphatic heterocycles. The fourth-order valence-corrected chi connectivity index (χ4v) is 4.43. The van der Waals surface area contributed by atoms with E-state index in [0.29, 0.717) is 5.69 Å². The van der Waals surface area contributed by atoms with Gasteiger partial charge in [0.25, 0.3) is 5.91 Å². The highest BCUT2D eigenvalue weighted by atomic mass is 16.5. The molecule has 4 rings (SSSR count). The zero-order valence-corrected chi connectivity index (χ0v) is 20.4. The second kappa shape index (κ2) is 10.6. The minimum Gasteiger partial charge on any atom is -0.493 e. The first-order valence-corrected chi connectivity index (χ1v) is 11.6. The highest BCUT2D eigenvalue weighted by Crippen LogP contribution is 2.33. The topological polar surface area (TPSA) is 93.9 Å². The Bertz CT molecular complexity index is 1240. The van der Waals surface area contributed by atoms with Crippen LogP contribution in [-0.4, -0.2) is 44.0 Å². The zero-order valence-electron chi connectivity index (χ0n) is 20.4. The number of primary amides is 1. The standard InChI is InChI=1S/C28H31N3O4/c1-18-4-9-23(27(29)32)24(14-18)28(33)30-22-7-5-19(6-8-22)10-12-31-13-11-20-15-25(34-2)26(35-3)16-21(20)17-31/h4-9,14-16H,10-13,17H2,1-3H3,(H2,29,32)(H,30,33). The van der Waals surface area contributed by atoms with Gasteiger partial charge < -0.3 is 20.5 Å². The molecule has 0 unspecified atom stereocenters. The Kier molecular flexibility index (Phi) is 7.36. The molecule has 182 valence electrons. The Morgan fingerprint density at radius 1 is 0.943 bits per heavy atom. The number of nitrogens with zero attached hydrogens (tertiary/aromatic N) is 1. The van der Waals surface area contributed by atoms with Crippen molar-refractivity contribution in [2.24, 2.45) is 5.73 Å². The summed E-state index contributed by atoms with van der Waals surface area (Å²) in [4.78, 5) is 26.9. The summed E-state index contributed by atoms with van der Waals surface area (Å²) in [5, 5.41) is 2.87. The maximum Gasteiger partial charge on any atom is 0.256 e. The summed E-state index contributed by atoms with van der Waals surface area (Å²) >= 11 is 0. The number of carbonyl (C=O) groups is 2. The number of amides is 2. The van der Waals surface area contributed by atoms with E-state index in [4.69, 9.17) is 15.2 Å². The number of rotatable bonds is 8. The van der Waals surface area contributed by atoms with Crippen LogP contribution in [0.15, 0.2) is 54.6 Å². The number of ether oxygens (including phenoxy) is 2. The molecule has 0 aliphatic carbocycles. The minimum absolute atomic E-state index is 0.212. The normalized spacial score (nSPS) is 13.1. The van der Waals surface area contributed by atoms with Crippen molar-refractivity contribution in [2.45, 2.75) is 26.3 Å². The van der Waals surface area contributed by atoms with Crippen LogP contribution in [0, 0.1) is 6.92 Å². The predicted octanol–water partition coefficient (Wildman–Crippen LogP) is 3.96. The van der Waals surface area contributed by atoms with Gasteiger partial charge in [-0.15, -0.1) is 0 Å². The van der Waals surface area contributed by atoms with E-state index < -0.39 is 5.91 Å². The summed E-state index contributed by atoms with van der Waals surface area (Å²) in [6.07, 6.45) is 1.88. The number of anilines is 1. The zero-order chi connectivity index (χ0) is 24.9. The summed E-state index contributed by atoms with van der Waals surface area (Å²) in [5.41, 5.74) is 11.3. The first kappa shape index (κ1) is 24.3. The van der Waals surface area contributed by atoms with Gasteiger partial charge in [0.2, 0.25) is 5.91 Å². The smallest absolute Gasteiger partial charge is 0.256 e. The number of nitrogens with two attached hydrogens (primary N) is 1. The second-order valence-electron chi connectivity index (χ2n) is 8.82. The van der Waals surface area contributed by atoms with E-state index in [1.54, 1.807) is 32.4 Å². The third-order valence-corrected chi connectivity index (χ3v) is 6.41. The van der Waals surface area contributed by atoms with E-state index in [1.165, 1.54) is 16.7 Å². The fraction of sp³-hybridized carbons (Fsp3) is 0.286. The highest BCUT2D eigenvalue weighted by molar-refractivity contribution is 6.11. The van der Waals surface area contributed by atoms with Crippen molar-refractivity contribution in [3.05, 3.63) is 88.0 Å². The summed E-state index contributed by atoms with van der Waals surface area (Å²) in [6, 6.07) is 17.0. The van der Waals surface area contributed by atoms with Crippen molar-refractivity contribution < 1.29 is 19.1 Å². The Morgan fingerprint density at radius 2 is 1.63 bits per heavy atom. The molecule has 0 spiro atoms. The van der Waals surface area contributed by atoms with Gasteiger partial charge in [-0.2, -0.15) is 0 Å². The molecule has 0 bridgehead atoms. The van der Waals surface area contributed by atoms with E-state index in [2.05, 4.69) is 22.3 Å². The average Bonchev–Trinajstić information content (AvgIpc) is 2.87. The predicted molar refractivity (Wildman–Crippen MR) is 136 cm³/mol. The van der Waals surface area contributed by atoms with E-state index >= 15 is 0 Å². The molecule has 35 heavy (non-hydrogen) atoms. The molecule has 3 aromatic carbocycles. The molecule has 7 heteroatoms. The van der Waals surface area contributed by atoms with Gasteiger partial charge in [0, 0.05) is 25.3 Å². The Labute approximate surface area is 205 Å². The van der Waals surface area contributed by atoms with Gasteiger partial charge >= 0.3 is 0 Å². The van der Waals surface area contributed by atoms with Gasteiger partial charge in [0.05, 0.1) is 25.3 Å². The van der Waals surface area contributed by atoms with Crippen molar-refractivity contribution >= 4 is 17.5 Å². The summed E-state index contributed by atoms with van der Waals surface area (Å²) in [6.45, 7) is 4.67. The molecule has 0 saturated heterocycles. The van der Waals surface area contributed by atoms with Crippen LogP contribution in [0.1, 0.15) is 43.0 Å². The lowest BCUT2D eigenvalue weighted by molar-refractivity contribution is 0.0977. The quantitative estimate of drug-likeness (QED) is 0.516. The summed E-state index contributed by atoms with van der Waals surface area (Å²) < 4.78 is 10.9. The van der Waals surface area contributed by atoms with Gasteiger partial charge in [0.1, 0.15) is 0 Å². The number of methoxy groups -OCH3 is 2. The van der Waals surface area contributed by atoms with Crippen molar-refractivity contribution in [3.63, 3.8) is 0 Å². The number of nitrogens with one attached hydrogen (secondary N) is 1. The summed E-state index contributed by atoms with van der Waals surface area (Å²) in [5.74, 6) is 0.567. The Hall–Kier alpha value is -3.84. The number of aryl methyl sites for hydroxylation is 1. The van der Waals surface area contributed by atoms with Crippen LogP contribution < -0.4 is 20.5 Å². The third kappa shape index (κ3) is 5.63. The number of hydrogen-bond acceptors (Lipinski definition) is 5. The monoisotopic (exact) mass is 473 g/mol. The molecule has 0 fully saturated rings. The van der Waals surface area contributed by atoms with Gasteiger partial charge in [-0.05, 0) is 72.9 Å². The molecular formula is C28H31N3O4. The van der Waals surface area contributed by atoms with E-state index in [0.717, 1.165) is 49.5 Å². The molecule has 0 atom stereocenters. The molecule has 0 aromatic heterocycles. The van der Waals surface area contributed by atoms with Crippen LogP contribution in [0.3, 0.4) is 0 Å². The van der Waals surface area contributed by atoms with Crippen LogP contribution in [0.2, 0.25) is 0 Å². The highest BCUT2D eigenvalue weighted by Gasteiger charge is 2.19. The molecule has 3 N–H and O–H groups in total. The van der Waals surface area contributed by atoms with E-state index in [-0.39, 0.29) is 17.0 Å². The minimum atomic E-state index is -0.622. The number of benzene rings is 3. The maximum atomic E-state index is 12.8. The largest absolute Gasteiger partial charge is 0.493 e. The first-order chi connectivity index (χ1) is 16.9. The van der Waals surface area contributed by atoms with Gasteiger partial charge in [0.15, 0.2) is 11.5 Å². The Morgan fingerprint density at radius 3 is 2.29 bits per heavy atom. The molecule has 0 radical (unpaired) electrons. The van der Waals surface area contributed by atoms with Crippen LogP contribution in [0.5, 0.6) is 11.5 Å². The van der Waals surface area contributed by atoms with Crippen molar-refractivity contribution in [1.82, 2.24) is 4.90 Å². The molecule has 1 aliphatic rings. The van der Waals surface area contributed by atoms with Gasteiger partial charge in [-0.1, -0.05) is 23.8 Å². The van der Waals surface area contributed by atoms with E-state index in [9.17, 15) is 9.59 Å². The lowest BCUT2D eigenvalue weighted by Gasteiger charge is -2.29. The van der Waals surface area contributed by atoms with Crippen LogP contribution in [0.4, 0.5) is 5.69 Å². The molecule has 0 saturated carbocycles. The third-order valence-electron chi connectivity index (χ3n) is 6.41. The SMILES string of the molecule is COc1cc2c(cc1OC)CN(CCc1ccc(NC(=O)c3cc(C)ccc3C(N)=O)cc1)CC2. The number of hydrogen-bond donors (Lipinski definition) is 2. The van der Waals surface area contributed by atoms with Gasteiger partial charge in [-0.25, -0.2) is 0 Å². The van der Waals surface area contributed by atoms with Crippen LogP contribution >= 0.6 is 0 Å². The van der Waals surface area contributed by atoms with Crippen LogP contribution in [-0.2, 0) is 19.4 Å². The number of fused-ring (bicyclic) bond motifs is 1. The summed E-state index contributed by atoms with van der Waals surface area (Å²) in [7, 11) is 3.32. The van der Waals surface area contributed by atoms with Gasteiger partial charge in [-0.3, -0.25) is 14.5 Å². The van der Waals surface area contributed by atoms with Crippen molar-refractivity contribution in [1.29, 1.82) is 0 Å². The Balaban J connectivity index is 1.35.